The van der Waals surface area contributed by atoms with Crippen molar-refractivity contribution in [1.29, 1.82) is 0 Å². The van der Waals surface area contributed by atoms with Crippen molar-refractivity contribution in [2.24, 2.45) is 0 Å². The molecule has 22 heavy (non-hydrogen) atoms. The van der Waals surface area contributed by atoms with Crippen molar-refractivity contribution in [1.82, 2.24) is 10.2 Å². The first kappa shape index (κ1) is 16.8. The number of benzene rings is 1. The van der Waals surface area contributed by atoms with E-state index in [0.29, 0.717) is 13.0 Å². The van der Waals surface area contributed by atoms with E-state index >= 15 is 0 Å². The van der Waals surface area contributed by atoms with Gasteiger partial charge in [-0.25, -0.2) is 0 Å². The van der Waals surface area contributed by atoms with Crippen molar-refractivity contribution in [2.45, 2.75) is 19.3 Å². The van der Waals surface area contributed by atoms with E-state index in [-0.39, 0.29) is 5.91 Å². The van der Waals surface area contributed by atoms with E-state index in [1.165, 1.54) is 0 Å². The Kier molecular flexibility index (Phi) is 7.77. The van der Waals surface area contributed by atoms with Crippen LogP contribution in [0.3, 0.4) is 0 Å². The van der Waals surface area contributed by atoms with Crippen molar-refractivity contribution in [2.75, 3.05) is 46.0 Å². The second-order valence-electron chi connectivity index (χ2n) is 5.42. The molecule has 1 N–H and O–H groups in total. The van der Waals surface area contributed by atoms with E-state index in [1.807, 2.05) is 30.3 Å². The predicted molar refractivity (Wildman–Crippen MR) is 86.1 cm³/mol. The molecule has 1 fully saturated rings. The van der Waals surface area contributed by atoms with Gasteiger partial charge in [-0.1, -0.05) is 18.2 Å². The Morgan fingerprint density at radius 3 is 2.73 bits per heavy atom. The fourth-order valence-electron chi connectivity index (χ4n) is 2.38. The number of morpholine rings is 1. The number of hydrogen-bond acceptors (Lipinski definition) is 4. The summed E-state index contributed by atoms with van der Waals surface area (Å²) in [6.45, 7) is 6.01. The number of carbonyl (C=O) groups is 1. The summed E-state index contributed by atoms with van der Waals surface area (Å²) in [7, 11) is 0. The van der Waals surface area contributed by atoms with Crippen LogP contribution in [0.25, 0.3) is 0 Å². The van der Waals surface area contributed by atoms with Gasteiger partial charge in [-0.2, -0.15) is 0 Å². The Balaban J connectivity index is 1.44. The number of nitrogens with zero attached hydrogens (tertiary/aromatic N) is 1. The highest BCUT2D eigenvalue weighted by molar-refractivity contribution is 5.75. The molecule has 1 amide bonds. The summed E-state index contributed by atoms with van der Waals surface area (Å²) in [5.74, 6) is 0.864. The summed E-state index contributed by atoms with van der Waals surface area (Å²) >= 11 is 0. The molecule has 2 rings (SSSR count). The number of ether oxygens (including phenoxy) is 2. The molecule has 1 aliphatic rings. The van der Waals surface area contributed by atoms with Gasteiger partial charge in [0.25, 0.3) is 0 Å². The molecule has 5 nitrogen and oxygen atoms in total. The maximum atomic E-state index is 11.7. The minimum Gasteiger partial charge on any atom is -0.493 e. The molecule has 1 saturated heterocycles. The minimum atomic E-state index is 0.0577. The lowest BCUT2D eigenvalue weighted by Crippen LogP contribution is -2.37. The molecule has 5 heteroatoms. The SMILES string of the molecule is O=C(CCOc1ccccc1)NCCCCN1CCOCC1. The van der Waals surface area contributed by atoms with Gasteiger partial charge in [0.2, 0.25) is 5.91 Å². The second-order valence-corrected chi connectivity index (χ2v) is 5.42. The fraction of sp³-hybridized carbons (Fsp3) is 0.588. The lowest BCUT2D eigenvalue weighted by molar-refractivity contribution is -0.121. The van der Waals surface area contributed by atoms with Crippen molar-refractivity contribution in [3.8, 4) is 5.75 Å². The molecule has 122 valence electrons. The number of hydrogen-bond donors (Lipinski definition) is 1. The zero-order valence-electron chi connectivity index (χ0n) is 13.1. The molecule has 1 aliphatic heterocycles. The van der Waals surface area contributed by atoms with Crippen LogP contribution in [0.15, 0.2) is 30.3 Å². The smallest absolute Gasteiger partial charge is 0.223 e. The highest BCUT2D eigenvalue weighted by atomic mass is 16.5. The van der Waals surface area contributed by atoms with E-state index in [9.17, 15) is 4.79 Å². The number of rotatable bonds is 9. The van der Waals surface area contributed by atoms with Crippen LogP contribution in [-0.2, 0) is 9.53 Å². The predicted octanol–water partition coefficient (Wildman–Crippen LogP) is 1.68. The zero-order chi connectivity index (χ0) is 15.5. The van der Waals surface area contributed by atoms with Crippen LogP contribution in [-0.4, -0.2) is 56.8 Å². The summed E-state index contributed by atoms with van der Waals surface area (Å²) in [6, 6.07) is 9.57. The van der Waals surface area contributed by atoms with E-state index < -0.39 is 0 Å². The number of nitrogens with one attached hydrogen (secondary N) is 1. The molecule has 0 atom stereocenters. The third kappa shape index (κ3) is 6.91. The second kappa shape index (κ2) is 10.2. The normalized spacial score (nSPS) is 15.5. The van der Waals surface area contributed by atoms with Crippen molar-refractivity contribution < 1.29 is 14.3 Å². The Bertz CT molecular complexity index is 419. The van der Waals surface area contributed by atoms with Gasteiger partial charge in [0.05, 0.1) is 26.2 Å². The lowest BCUT2D eigenvalue weighted by Gasteiger charge is -2.26. The van der Waals surface area contributed by atoms with E-state index in [2.05, 4.69) is 10.2 Å². The summed E-state index contributed by atoms with van der Waals surface area (Å²) < 4.78 is 10.8. The molecule has 0 bridgehead atoms. The minimum absolute atomic E-state index is 0.0577. The molecule has 0 unspecified atom stereocenters. The molecule has 0 radical (unpaired) electrons. The summed E-state index contributed by atoms with van der Waals surface area (Å²) in [4.78, 5) is 14.1. The van der Waals surface area contributed by atoms with Crippen molar-refractivity contribution in [3.05, 3.63) is 30.3 Å². The van der Waals surface area contributed by atoms with Crippen LogP contribution in [0.5, 0.6) is 5.75 Å². The van der Waals surface area contributed by atoms with Crippen LogP contribution < -0.4 is 10.1 Å². The average Bonchev–Trinajstić information content (AvgIpc) is 2.56. The van der Waals surface area contributed by atoms with Gasteiger partial charge in [0.15, 0.2) is 0 Å². The number of carbonyl (C=O) groups excluding carboxylic acids is 1. The third-order valence-corrected chi connectivity index (χ3v) is 3.67. The first-order chi connectivity index (χ1) is 10.8. The maximum Gasteiger partial charge on any atom is 0.223 e. The third-order valence-electron chi connectivity index (χ3n) is 3.67. The quantitative estimate of drug-likeness (QED) is 0.705. The van der Waals surface area contributed by atoms with Gasteiger partial charge in [-0.3, -0.25) is 9.69 Å². The Hall–Kier alpha value is -1.59. The van der Waals surface area contributed by atoms with Crippen LogP contribution >= 0.6 is 0 Å². The molecular weight excluding hydrogens is 280 g/mol. The van der Waals surface area contributed by atoms with Crippen molar-refractivity contribution in [3.63, 3.8) is 0 Å². The monoisotopic (exact) mass is 306 g/mol. The summed E-state index contributed by atoms with van der Waals surface area (Å²) in [5.41, 5.74) is 0. The number of amides is 1. The largest absolute Gasteiger partial charge is 0.493 e. The molecule has 1 aromatic carbocycles. The first-order valence-corrected chi connectivity index (χ1v) is 8.09. The van der Waals surface area contributed by atoms with E-state index in [1.54, 1.807) is 0 Å². The summed E-state index contributed by atoms with van der Waals surface area (Å²) in [6.07, 6.45) is 2.53. The highest BCUT2D eigenvalue weighted by Gasteiger charge is 2.09. The molecule has 0 spiro atoms. The van der Waals surface area contributed by atoms with Crippen LogP contribution in [0.1, 0.15) is 19.3 Å². The molecule has 0 aromatic heterocycles. The fourth-order valence-corrected chi connectivity index (χ4v) is 2.38. The highest BCUT2D eigenvalue weighted by Crippen LogP contribution is 2.08. The summed E-state index contributed by atoms with van der Waals surface area (Å²) in [5, 5.41) is 2.94. The van der Waals surface area contributed by atoms with Crippen LogP contribution in [0.4, 0.5) is 0 Å². The van der Waals surface area contributed by atoms with Gasteiger partial charge < -0.3 is 14.8 Å². The van der Waals surface area contributed by atoms with E-state index in [0.717, 1.165) is 58.0 Å². The number of para-hydroxylation sites is 1. The average molecular weight is 306 g/mol. The van der Waals surface area contributed by atoms with E-state index in [4.69, 9.17) is 9.47 Å². The maximum absolute atomic E-state index is 11.7. The van der Waals surface area contributed by atoms with Gasteiger partial charge in [0, 0.05) is 19.6 Å². The Morgan fingerprint density at radius 1 is 1.18 bits per heavy atom. The lowest BCUT2D eigenvalue weighted by atomic mass is 10.2. The van der Waals surface area contributed by atoms with Gasteiger partial charge in [0.1, 0.15) is 5.75 Å². The van der Waals surface area contributed by atoms with Crippen LogP contribution in [0.2, 0.25) is 0 Å². The van der Waals surface area contributed by atoms with Gasteiger partial charge >= 0.3 is 0 Å². The van der Waals surface area contributed by atoms with Gasteiger partial charge in [-0.15, -0.1) is 0 Å². The molecular formula is C17H26N2O3. The van der Waals surface area contributed by atoms with Crippen LogP contribution in [0, 0.1) is 0 Å². The topological polar surface area (TPSA) is 50.8 Å². The Morgan fingerprint density at radius 2 is 1.95 bits per heavy atom. The zero-order valence-corrected chi connectivity index (χ0v) is 13.1. The standard InChI is InChI=1S/C17H26N2O3/c20-17(8-13-22-16-6-2-1-3-7-16)18-9-4-5-10-19-11-14-21-15-12-19/h1-3,6-7H,4-5,8-15H2,(H,18,20). The molecule has 0 aliphatic carbocycles. The molecule has 0 saturated carbocycles. The first-order valence-electron chi connectivity index (χ1n) is 8.09. The van der Waals surface area contributed by atoms with Crippen molar-refractivity contribution >= 4 is 5.91 Å². The molecule has 1 aromatic rings. The molecule has 1 heterocycles. The van der Waals surface area contributed by atoms with Gasteiger partial charge in [-0.05, 0) is 31.5 Å². The Labute approximate surface area is 132 Å². The number of unbranched alkanes of at least 4 members (excludes halogenated alkanes) is 1.